The first-order valence-corrected chi connectivity index (χ1v) is 7.65. The largest absolute Gasteiger partial charge is 0.308 e. The van der Waals surface area contributed by atoms with Gasteiger partial charge in [0.2, 0.25) is 0 Å². The summed E-state index contributed by atoms with van der Waals surface area (Å²) in [5.41, 5.74) is 2.95. The molecule has 0 aliphatic heterocycles. The fraction of sp³-hybridized carbons (Fsp3) is 0.300. The van der Waals surface area contributed by atoms with Gasteiger partial charge in [0.15, 0.2) is 0 Å². The second kappa shape index (κ2) is 5.50. The van der Waals surface area contributed by atoms with E-state index < -0.39 is 0 Å². The molecule has 1 nitrogen and oxygen atoms in total. The molecular formula is C20H23N. The average molecular weight is 277 g/mol. The molecule has 3 rings (SSSR count). The topological polar surface area (TPSA) is 12.0 Å². The van der Waals surface area contributed by atoms with Gasteiger partial charge < -0.3 is 5.32 Å². The van der Waals surface area contributed by atoms with Gasteiger partial charge in [0.1, 0.15) is 0 Å². The van der Waals surface area contributed by atoms with Crippen LogP contribution in [-0.4, -0.2) is 5.54 Å². The predicted octanol–water partition coefficient (Wildman–Crippen LogP) is 4.94. The molecule has 0 spiro atoms. The smallest absolute Gasteiger partial charge is 0.0219 e. The predicted molar refractivity (Wildman–Crippen MR) is 91.6 cm³/mol. The van der Waals surface area contributed by atoms with E-state index in [4.69, 9.17) is 0 Å². The van der Waals surface area contributed by atoms with E-state index in [2.05, 4.69) is 86.8 Å². The summed E-state index contributed by atoms with van der Waals surface area (Å²) in [6.07, 6.45) is 8.82. The van der Waals surface area contributed by atoms with Gasteiger partial charge in [-0.1, -0.05) is 60.7 Å². The number of allylic oxidation sites excluding steroid dienone is 4. The molecule has 1 aliphatic rings. The summed E-state index contributed by atoms with van der Waals surface area (Å²) >= 11 is 0. The lowest BCUT2D eigenvalue weighted by Gasteiger charge is -2.23. The van der Waals surface area contributed by atoms with Crippen molar-refractivity contribution in [2.45, 2.75) is 38.8 Å². The van der Waals surface area contributed by atoms with Crippen molar-refractivity contribution in [3.05, 3.63) is 71.8 Å². The van der Waals surface area contributed by atoms with E-state index in [1.165, 1.54) is 21.9 Å². The first-order valence-electron chi connectivity index (χ1n) is 7.65. The molecule has 1 N–H and O–H groups in total. The Bertz CT molecular complexity index is 689. The highest BCUT2D eigenvalue weighted by Crippen LogP contribution is 2.31. The molecule has 0 heterocycles. The Morgan fingerprint density at radius 1 is 0.952 bits per heavy atom. The quantitative estimate of drug-likeness (QED) is 0.838. The number of fused-ring (bicyclic) bond motifs is 1. The molecular weight excluding hydrogens is 254 g/mol. The van der Waals surface area contributed by atoms with Crippen LogP contribution in [0.25, 0.3) is 10.8 Å². The van der Waals surface area contributed by atoms with Crippen LogP contribution in [0.2, 0.25) is 0 Å². The van der Waals surface area contributed by atoms with Gasteiger partial charge in [0, 0.05) is 18.0 Å². The van der Waals surface area contributed by atoms with Crippen LogP contribution in [0.1, 0.15) is 37.8 Å². The highest BCUT2D eigenvalue weighted by Gasteiger charge is 2.16. The van der Waals surface area contributed by atoms with Crippen molar-refractivity contribution >= 4 is 10.8 Å². The summed E-state index contributed by atoms with van der Waals surface area (Å²) in [6, 6.07) is 13.2. The van der Waals surface area contributed by atoms with Crippen LogP contribution in [0.5, 0.6) is 0 Å². The zero-order valence-electron chi connectivity index (χ0n) is 13.1. The molecule has 0 unspecified atom stereocenters. The molecule has 0 bridgehead atoms. The Hall–Kier alpha value is -1.86. The van der Waals surface area contributed by atoms with Crippen LogP contribution < -0.4 is 5.32 Å². The third kappa shape index (κ3) is 3.08. The van der Waals surface area contributed by atoms with Crippen molar-refractivity contribution < 1.29 is 0 Å². The number of rotatable bonds is 3. The van der Waals surface area contributed by atoms with Gasteiger partial charge in [-0.3, -0.25) is 0 Å². The molecule has 2 aromatic rings. The maximum Gasteiger partial charge on any atom is 0.0219 e. The second-order valence-electron chi connectivity index (χ2n) is 6.75. The normalized spacial score (nSPS) is 15.2. The van der Waals surface area contributed by atoms with Crippen LogP contribution in [-0.2, 0) is 6.54 Å². The number of hydrogen-bond donors (Lipinski definition) is 1. The minimum atomic E-state index is 0.121. The third-order valence-electron chi connectivity index (χ3n) is 3.98. The van der Waals surface area contributed by atoms with Gasteiger partial charge in [-0.25, -0.2) is 0 Å². The van der Waals surface area contributed by atoms with Gasteiger partial charge in [0.05, 0.1) is 0 Å². The molecule has 0 saturated carbocycles. The number of hydrogen-bond acceptors (Lipinski definition) is 1. The van der Waals surface area contributed by atoms with Crippen LogP contribution >= 0.6 is 0 Å². The van der Waals surface area contributed by atoms with E-state index in [0.29, 0.717) is 5.92 Å². The molecule has 0 saturated heterocycles. The van der Waals surface area contributed by atoms with Gasteiger partial charge in [0.25, 0.3) is 0 Å². The van der Waals surface area contributed by atoms with Gasteiger partial charge >= 0.3 is 0 Å². The average Bonchev–Trinajstić information content (AvgIpc) is 2.97. The van der Waals surface area contributed by atoms with Gasteiger partial charge in [-0.15, -0.1) is 0 Å². The Kier molecular flexibility index (Phi) is 3.69. The summed E-state index contributed by atoms with van der Waals surface area (Å²) in [5, 5.41) is 6.33. The lowest BCUT2D eigenvalue weighted by atomic mass is 9.90. The molecule has 0 fully saturated rings. The monoisotopic (exact) mass is 277 g/mol. The van der Waals surface area contributed by atoms with Crippen molar-refractivity contribution in [2.75, 3.05) is 0 Å². The van der Waals surface area contributed by atoms with Gasteiger partial charge in [-0.2, -0.15) is 0 Å². The van der Waals surface area contributed by atoms with Crippen molar-refractivity contribution in [1.29, 1.82) is 0 Å². The lowest BCUT2D eigenvalue weighted by molar-refractivity contribution is 0.424. The molecule has 0 atom stereocenters. The molecule has 1 aliphatic carbocycles. The van der Waals surface area contributed by atoms with Crippen LogP contribution in [0.3, 0.4) is 0 Å². The highest BCUT2D eigenvalue weighted by atomic mass is 14.9. The van der Waals surface area contributed by atoms with E-state index in [-0.39, 0.29) is 5.54 Å². The molecule has 1 heteroatoms. The number of nitrogens with one attached hydrogen (secondary N) is 1. The third-order valence-corrected chi connectivity index (χ3v) is 3.98. The summed E-state index contributed by atoms with van der Waals surface area (Å²) in [7, 11) is 0. The zero-order chi connectivity index (χ0) is 14.9. The minimum absolute atomic E-state index is 0.121. The summed E-state index contributed by atoms with van der Waals surface area (Å²) < 4.78 is 0. The first-order chi connectivity index (χ1) is 10.0. The molecule has 21 heavy (non-hydrogen) atoms. The molecule has 0 radical (unpaired) electrons. The van der Waals surface area contributed by atoms with Crippen molar-refractivity contribution in [1.82, 2.24) is 5.32 Å². The Labute approximate surface area is 127 Å². The standard InChI is InChI=1S/C20H23N/c1-20(2,3)21-14-19-17-11-7-6-10-16(17)12-13-18(19)15-8-4-5-9-15/h4-13,15,21H,14H2,1-3H3. The molecule has 108 valence electrons. The first kappa shape index (κ1) is 14.1. The fourth-order valence-electron chi connectivity index (χ4n) is 2.86. The Balaban J connectivity index is 2.08. The summed E-state index contributed by atoms with van der Waals surface area (Å²) in [4.78, 5) is 0. The second-order valence-corrected chi connectivity index (χ2v) is 6.75. The van der Waals surface area contributed by atoms with Crippen LogP contribution in [0.4, 0.5) is 0 Å². The molecule has 0 aromatic heterocycles. The number of benzene rings is 2. The van der Waals surface area contributed by atoms with Crippen molar-refractivity contribution in [3.63, 3.8) is 0 Å². The summed E-state index contributed by atoms with van der Waals surface area (Å²) in [5.74, 6) is 0.409. The van der Waals surface area contributed by atoms with Crippen LogP contribution in [0, 0.1) is 0 Å². The zero-order valence-corrected chi connectivity index (χ0v) is 13.1. The van der Waals surface area contributed by atoms with Crippen LogP contribution in [0.15, 0.2) is 60.7 Å². The van der Waals surface area contributed by atoms with E-state index in [1.54, 1.807) is 0 Å². The van der Waals surface area contributed by atoms with Crippen molar-refractivity contribution in [3.8, 4) is 0 Å². The van der Waals surface area contributed by atoms with E-state index in [9.17, 15) is 0 Å². The molecule has 0 amide bonds. The van der Waals surface area contributed by atoms with E-state index in [1.807, 2.05) is 0 Å². The minimum Gasteiger partial charge on any atom is -0.308 e. The maximum atomic E-state index is 3.65. The highest BCUT2D eigenvalue weighted by molar-refractivity contribution is 5.87. The SMILES string of the molecule is CC(C)(C)NCc1c(C2C=CC=C2)ccc2ccccc12. The Morgan fingerprint density at radius 3 is 2.38 bits per heavy atom. The maximum absolute atomic E-state index is 3.65. The summed E-state index contributed by atoms with van der Waals surface area (Å²) in [6.45, 7) is 7.55. The Morgan fingerprint density at radius 2 is 1.67 bits per heavy atom. The van der Waals surface area contributed by atoms with Crippen molar-refractivity contribution in [2.24, 2.45) is 0 Å². The molecule has 2 aromatic carbocycles. The lowest BCUT2D eigenvalue weighted by Crippen LogP contribution is -2.35. The van der Waals surface area contributed by atoms with E-state index in [0.717, 1.165) is 6.54 Å². The van der Waals surface area contributed by atoms with E-state index >= 15 is 0 Å². The fourth-order valence-corrected chi connectivity index (χ4v) is 2.86. The van der Waals surface area contributed by atoms with Gasteiger partial charge in [-0.05, 0) is 42.7 Å².